The Morgan fingerprint density at radius 1 is 0.963 bits per heavy atom. The minimum absolute atomic E-state index is 0.158. The summed E-state index contributed by atoms with van der Waals surface area (Å²) in [5.41, 5.74) is 2.60. The second-order valence-electron chi connectivity index (χ2n) is 6.37. The molecule has 0 radical (unpaired) electrons. The average Bonchev–Trinajstić information content (AvgIpc) is 2.62. The highest BCUT2D eigenvalue weighted by Gasteiger charge is 2.21. The Kier molecular flexibility index (Phi) is 6.74. The minimum Gasteiger partial charge on any atom is -0.453 e. The van der Waals surface area contributed by atoms with Crippen molar-refractivity contribution in [1.29, 1.82) is 0 Å². The van der Waals surface area contributed by atoms with Crippen molar-refractivity contribution < 1.29 is 22.7 Å². The Hall–Kier alpha value is -2.67. The molecule has 0 aliphatic rings. The van der Waals surface area contributed by atoms with Crippen LogP contribution in [-0.2, 0) is 24.2 Å². The molecule has 2 aromatic rings. The summed E-state index contributed by atoms with van der Waals surface area (Å²) >= 11 is 0. The third kappa shape index (κ3) is 6.21. The molecule has 0 unspecified atom stereocenters. The van der Waals surface area contributed by atoms with Gasteiger partial charge >= 0.3 is 5.97 Å². The van der Waals surface area contributed by atoms with Gasteiger partial charge in [-0.05, 0) is 45.0 Å². The number of hydrogen-bond acceptors (Lipinski definition) is 5. The van der Waals surface area contributed by atoms with Gasteiger partial charge in [0.15, 0.2) is 15.9 Å². The Balaban J connectivity index is 1.86. The maximum Gasteiger partial charge on any atom is 0.307 e. The summed E-state index contributed by atoms with van der Waals surface area (Å²) in [6.07, 6.45) is -1.35. The summed E-state index contributed by atoms with van der Waals surface area (Å²) in [5, 5.41) is 2.64. The number of nitrogens with one attached hydrogen (secondary N) is 1. The van der Waals surface area contributed by atoms with E-state index in [9.17, 15) is 18.0 Å². The van der Waals surface area contributed by atoms with Crippen molar-refractivity contribution in [3.63, 3.8) is 0 Å². The third-order valence-electron chi connectivity index (χ3n) is 3.95. The van der Waals surface area contributed by atoms with Gasteiger partial charge < -0.3 is 10.1 Å². The van der Waals surface area contributed by atoms with Gasteiger partial charge in [-0.25, -0.2) is 8.42 Å². The second kappa shape index (κ2) is 8.81. The van der Waals surface area contributed by atoms with Gasteiger partial charge in [0, 0.05) is 5.69 Å². The largest absolute Gasteiger partial charge is 0.453 e. The quantitative estimate of drug-likeness (QED) is 0.735. The molecule has 2 rings (SSSR count). The zero-order chi connectivity index (χ0) is 20.0. The van der Waals surface area contributed by atoms with Gasteiger partial charge in [0.05, 0.1) is 17.1 Å². The lowest BCUT2D eigenvalue weighted by Crippen LogP contribution is -2.30. The van der Waals surface area contributed by atoms with E-state index in [4.69, 9.17) is 4.74 Å². The van der Waals surface area contributed by atoms with E-state index >= 15 is 0 Å². The van der Waals surface area contributed by atoms with Crippen LogP contribution in [-0.4, -0.2) is 32.2 Å². The molecule has 0 bridgehead atoms. The summed E-state index contributed by atoms with van der Waals surface area (Å²) in [4.78, 5) is 24.2. The van der Waals surface area contributed by atoms with Crippen LogP contribution in [0.5, 0.6) is 0 Å². The molecule has 1 amide bonds. The smallest absolute Gasteiger partial charge is 0.307 e. The number of amides is 1. The summed E-state index contributed by atoms with van der Waals surface area (Å²) in [6.45, 7) is 5.23. The van der Waals surface area contributed by atoms with Crippen LogP contribution < -0.4 is 5.32 Å². The molecule has 6 nitrogen and oxygen atoms in total. The Labute approximate surface area is 159 Å². The molecule has 1 N–H and O–H groups in total. The molecule has 0 heterocycles. The highest BCUT2D eigenvalue weighted by atomic mass is 32.2. The zero-order valence-electron chi connectivity index (χ0n) is 15.6. The minimum atomic E-state index is -3.58. The molecule has 1 atom stereocenters. The van der Waals surface area contributed by atoms with Crippen LogP contribution in [0.2, 0.25) is 0 Å². The Morgan fingerprint density at radius 2 is 1.48 bits per heavy atom. The van der Waals surface area contributed by atoms with Crippen LogP contribution >= 0.6 is 0 Å². The summed E-state index contributed by atoms with van der Waals surface area (Å²) in [5.74, 6) is -1.59. The fourth-order valence-corrected chi connectivity index (χ4v) is 3.49. The van der Waals surface area contributed by atoms with Crippen LogP contribution in [0.15, 0.2) is 53.4 Å². The van der Waals surface area contributed by atoms with Crippen molar-refractivity contribution in [3.8, 4) is 0 Å². The highest BCUT2D eigenvalue weighted by Crippen LogP contribution is 2.14. The molecule has 144 valence electrons. The van der Waals surface area contributed by atoms with Crippen molar-refractivity contribution in [3.05, 3.63) is 59.7 Å². The van der Waals surface area contributed by atoms with E-state index in [0.29, 0.717) is 5.69 Å². The molecular formula is C20H23NO5S. The standard InChI is InChI=1S/C20H23NO5S/c1-14-4-8-17(9-5-14)21-20(23)16(3)26-19(22)12-13-27(24,25)18-10-6-15(2)7-11-18/h4-11,16H,12-13H2,1-3H3,(H,21,23)/t16-/m0/s1. The number of esters is 1. The Morgan fingerprint density at radius 3 is 2.04 bits per heavy atom. The number of rotatable bonds is 7. The fraction of sp³-hybridized carbons (Fsp3) is 0.300. The molecule has 0 saturated heterocycles. The van der Waals surface area contributed by atoms with Crippen molar-refractivity contribution in [2.75, 3.05) is 11.1 Å². The van der Waals surface area contributed by atoms with Crippen molar-refractivity contribution >= 4 is 27.4 Å². The average molecular weight is 389 g/mol. The molecule has 0 aromatic heterocycles. The first-order chi connectivity index (χ1) is 12.7. The zero-order valence-corrected chi connectivity index (χ0v) is 16.4. The number of sulfone groups is 1. The summed E-state index contributed by atoms with van der Waals surface area (Å²) in [7, 11) is -3.58. The number of ether oxygens (including phenoxy) is 1. The molecule has 0 aliphatic carbocycles. The van der Waals surface area contributed by atoms with Crippen molar-refractivity contribution in [1.82, 2.24) is 0 Å². The van der Waals surface area contributed by atoms with Gasteiger partial charge in [0.2, 0.25) is 0 Å². The van der Waals surface area contributed by atoms with E-state index < -0.39 is 27.8 Å². The molecule has 2 aromatic carbocycles. The first-order valence-electron chi connectivity index (χ1n) is 8.54. The van der Waals surface area contributed by atoms with Gasteiger partial charge in [-0.1, -0.05) is 35.4 Å². The second-order valence-corrected chi connectivity index (χ2v) is 8.48. The van der Waals surface area contributed by atoms with E-state index in [-0.39, 0.29) is 17.1 Å². The number of hydrogen-bond donors (Lipinski definition) is 1. The summed E-state index contributed by atoms with van der Waals surface area (Å²) in [6, 6.07) is 13.6. The predicted molar refractivity (Wildman–Crippen MR) is 103 cm³/mol. The van der Waals surface area contributed by atoms with Crippen LogP contribution in [0.4, 0.5) is 5.69 Å². The van der Waals surface area contributed by atoms with Crippen LogP contribution in [0.3, 0.4) is 0 Å². The summed E-state index contributed by atoms with van der Waals surface area (Å²) < 4.78 is 29.5. The van der Waals surface area contributed by atoms with Crippen molar-refractivity contribution in [2.45, 2.75) is 38.2 Å². The maximum absolute atomic E-state index is 12.2. The molecule has 7 heteroatoms. The van der Waals surface area contributed by atoms with Gasteiger partial charge in [-0.3, -0.25) is 9.59 Å². The van der Waals surface area contributed by atoms with Gasteiger partial charge in [0.1, 0.15) is 0 Å². The maximum atomic E-state index is 12.2. The third-order valence-corrected chi connectivity index (χ3v) is 5.68. The van der Waals surface area contributed by atoms with E-state index in [1.54, 1.807) is 24.3 Å². The van der Waals surface area contributed by atoms with Crippen LogP contribution in [0.25, 0.3) is 0 Å². The van der Waals surface area contributed by atoms with Crippen LogP contribution in [0.1, 0.15) is 24.5 Å². The van der Waals surface area contributed by atoms with E-state index in [0.717, 1.165) is 11.1 Å². The van der Waals surface area contributed by atoms with Gasteiger partial charge in [0.25, 0.3) is 5.91 Å². The van der Waals surface area contributed by atoms with E-state index in [1.165, 1.54) is 19.1 Å². The lowest BCUT2D eigenvalue weighted by molar-refractivity contribution is -0.152. The highest BCUT2D eigenvalue weighted by molar-refractivity contribution is 7.91. The fourth-order valence-electron chi connectivity index (χ4n) is 2.27. The Bertz CT molecular complexity index is 902. The number of carbonyl (C=O) groups is 2. The SMILES string of the molecule is Cc1ccc(NC(=O)[C@H](C)OC(=O)CCS(=O)(=O)c2ccc(C)cc2)cc1. The van der Waals surface area contributed by atoms with Gasteiger partial charge in [-0.15, -0.1) is 0 Å². The van der Waals surface area contributed by atoms with Gasteiger partial charge in [-0.2, -0.15) is 0 Å². The molecule has 27 heavy (non-hydrogen) atoms. The van der Waals surface area contributed by atoms with E-state index in [1.807, 2.05) is 26.0 Å². The molecule has 0 saturated carbocycles. The number of carbonyl (C=O) groups excluding carboxylic acids is 2. The number of aryl methyl sites for hydroxylation is 2. The first-order valence-corrected chi connectivity index (χ1v) is 10.2. The number of anilines is 1. The normalized spacial score (nSPS) is 12.3. The lowest BCUT2D eigenvalue weighted by Gasteiger charge is -2.14. The topological polar surface area (TPSA) is 89.5 Å². The molecule has 0 aliphatic heterocycles. The van der Waals surface area contributed by atoms with Crippen LogP contribution in [0, 0.1) is 13.8 Å². The number of benzene rings is 2. The lowest BCUT2D eigenvalue weighted by atomic mass is 10.2. The molecule has 0 spiro atoms. The monoisotopic (exact) mass is 389 g/mol. The van der Waals surface area contributed by atoms with Crippen molar-refractivity contribution in [2.24, 2.45) is 0 Å². The predicted octanol–water partition coefficient (Wildman–Crippen LogP) is 3.04. The van der Waals surface area contributed by atoms with E-state index in [2.05, 4.69) is 5.32 Å². The molecule has 0 fully saturated rings. The molecular weight excluding hydrogens is 366 g/mol. The first kappa shape index (κ1) is 20.6.